The predicted octanol–water partition coefficient (Wildman–Crippen LogP) is 5.66. The highest BCUT2D eigenvalue weighted by molar-refractivity contribution is 7.81. The van der Waals surface area contributed by atoms with Gasteiger partial charge in [-0.25, -0.2) is 22.0 Å². The van der Waals surface area contributed by atoms with Crippen LogP contribution in [-0.2, 0) is 10.8 Å². The highest BCUT2D eigenvalue weighted by atomic mass is 32.1. The zero-order chi connectivity index (χ0) is 20.6. The second-order valence-corrected chi connectivity index (χ2v) is 6.96. The Morgan fingerprint density at radius 2 is 1.46 bits per heavy atom. The van der Waals surface area contributed by atoms with Crippen molar-refractivity contribution in [2.24, 2.45) is 0 Å². The maximum atomic E-state index is 14.3. The molecule has 0 radical (unpaired) electrons. The number of hydrogen-bond donors (Lipinski definition) is 1. The number of rotatable bonds is 4. The molecule has 2 unspecified atom stereocenters. The average Bonchev–Trinajstić information content (AvgIpc) is 2.59. The lowest BCUT2D eigenvalue weighted by atomic mass is 9.99. The molecule has 0 aromatic heterocycles. The first-order chi connectivity index (χ1) is 13.1. The van der Waals surface area contributed by atoms with Gasteiger partial charge in [-0.05, 0) is 30.5 Å². The van der Waals surface area contributed by atoms with Crippen LogP contribution in [0.5, 0.6) is 5.75 Å². The first-order valence-corrected chi connectivity index (χ1v) is 8.60. The molecule has 28 heavy (non-hydrogen) atoms. The SMILES string of the molecule is Fc1cc(OC(F)(F)c2c(F)cc(C3CCC(S)CO3)cc2F)cc(F)c1F. The standard InChI is InChI=1S/C18H13F7O2S/c19-11-3-8(15-2-1-10(28)7-26-15)4-12(20)16(11)18(24,25)27-9-5-13(21)17(23)14(22)6-9/h3-6,10,15,28H,1-2,7H2. The summed E-state index contributed by atoms with van der Waals surface area (Å²) in [4.78, 5) is 0. The van der Waals surface area contributed by atoms with Gasteiger partial charge in [-0.2, -0.15) is 21.4 Å². The van der Waals surface area contributed by atoms with Crippen LogP contribution in [0.25, 0.3) is 0 Å². The Hall–Kier alpha value is -1.94. The van der Waals surface area contributed by atoms with Crippen LogP contribution in [0.2, 0.25) is 0 Å². The minimum atomic E-state index is -4.62. The molecule has 152 valence electrons. The summed E-state index contributed by atoms with van der Waals surface area (Å²) >= 11 is 4.21. The number of hydrogen-bond acceptors (Lipinski definition) is 3. The molecule has 0 bridgehead atoms. The lowest BCUT2D eigenvalue weighted by molar-refractivity contribution is -0.189. The zero-order valence-corrected chi connectivity index (χ0v) is 14.9. The van der Waals surface area contributed by atoms with Gasteiger partial charge < -0.3 is 9.47 Å². The Kier molecular flexibility index (Phi) is 5.81. The molecule has 1 aliphatic rings. The van der Waals surface area contributed by atoms with Gasteiger partial charge >= 0.3 is 6.11 Å². The van der Waals surface area contributed by atoms with Gasteiger partial charge in [0.1, 0.15) is 22.9 Å². The molecule has 0 amide bonds. The Labute approximate surface area is 160 Å². The Morgan fingerprint density at radius 3 is 1.96 bits per heavy atom. The largest absolute Gasteiger partial charge is 0.432 e. The molecule has 1 aliphatic heterocycles. The monoisotopic (exact) mass is 426 g/mol. The summed E-state index contributed by atoms with van der Waals surface area (Å²) in [5, 5.41) is -0.0283. The molecular formula is C18H13F7O2S. The van der Waals surface area contributed by atoms with Gasteiger partial charge in [-0.15, -0.1) is 0 Å². The number of alkyl halides is 2. The van der Waals surface area contributed by atoms with Crippen molar-refractivity contribution in [1.29, 1.82) is 0 Å². The maximum absolute atomic E-state index is 14.3. The topological polar surface area (TPSA) is 18.5 Å². The number of benzene rings is 2. The molecule has 10 heteroatoms. The minimum Gasteiger partial charge on any atom is -0.429 e. The first-order valence-electron chi connectivity index (χ1n) is 8.09. The van der Waals surface area contributed by atoms with E-state index in [0.717, 1.165) is 0 Å². The Balaban J connectivity index is 1.89. The summed E-state index contributed by atoms with van der Waals surface area (Å²) in [6.07, 6.45) is -4.29. The average molecular weight is 426 g/mol. The van der Waals surface area contributed by atoms with Gasteiger partial charge in [0.05, 0.1) is 12.7 Å². The van der Waals surface area contributed by atoms with E-state index in [1.807, 2.05) is 0 Å². The molecule has 1 saturated heterocycles. The molecule has 0 saturated carbocycles. The normalized spacial score (nSPS) is 20.3. The molecule has 0 N–H and O–H groups in total. The van der Waals surface area contributed by atoms with Crippen LogP contribution in [0, 0.1) is 29.1 Å². The van der Waals surface area contributed by atoms with Crippen molar-refractivity contribution in [2.45, 2.75) is 30.3 Å². The van der Waals surface area contributed by atoms with E-state index < -0.39 is 52.6 Å². The minimum absolute atomic E-state index is 0.0219. The molecule has 1 fully saturated rings. The summed E-state index contributed by atoms with van der Waals surface area (Å²) < 4.78 is 106. The van der Waals surface area contributed by atoms with E-state index in [1.165, 1.54) is 0 Å². The fourth-order valence-corrected chi connectivity index (χ4v) is 3.08. The van der Waals surface area contributed by atoms with Crippen LogP contribution < -0.4 is 4.74 Å². The second-order valence-electron chi connectivity index (χ2n) is 6.23. The molecule has 0 spiro atoms. The fourth-order valence-electron chi connectivity index (χ4n) is 2.85. The Bertz CT molecular complexity index is 836. The first kappa shape index (κ1) is 20.8. The maximum Gasteiger partial charge on any atom is 0.432 e. The molecule has 1 heterocycles. The lowest BCUT2D eigenvalue weighted by Crippen LogP contribution is -2.26. The van der Waals surface area contributed by atoms with Crippen molar-refractivity contribution in [1.82, 2.24) is 0 Å². The summed E-state index contributed by atoms with van der Waals surface area (Å²) in [5.41, 5.74) is -1.72. The van der Waals surface area contributed by atoms with Crippen molar-refractivity contribution < 1.29 is 40.2 Å². The smallest absolute Gasteiger partial charge is 0.429 e. The lowest BCUT2D eigenvalue weighted by Gasteiger charge is -2.27. The van der Waals surface area contributed by atoms with Gasteiger partial charge in [-0.1, -0.05) is 0 Å². The van der Waals surface area contributed by atoms with E-state index >= 15 is 0 Å². The molecule has 0 aliphatic carbocycles. The third-order valence-corrected chi connectivity index (χ3v) is 4.59. The van der Waals surface area contributed by atoms with Gasteiger partial charge in [0.15, 0.2) is 17.5 Å². The highest BCUT2D eigenvalue weighted by Gasteiger charge is 2.42. The third kappa shape index (κ3) is 4.22. The second kappa shape index (κ2) is 7.82. The van der Waals surface area contributed by atoms with Crippen molar-refractivity contribution in [2.75, 3.05) is 6.61 Å². The Morgan fingerprint density at radius 1 is 0.893 bits per heavy atom. The van der Waals surface area contributed by atoms with Crippen molar-refractivity contribution in [3.8, 4) is 5.75 Å². The van der Waals surface area contributed by atoms with Crippen molar-refractivity contribution >= 4 is 12.6 Å². The van der Waals surface area contributed by atoms with Crippen LogP contribution in [0.3, 0.4) is 0 Å². The molecule has 2 atom stereocenters. The van der Waals surface area contributed by atoms with Gasteiger partial charge in [0, 0.05) is 17.4 Å². The summed E-state index contributed by atoms with van der Waals surface area (Å²) in [5.74, 6) is -9.87. The molecule has 2 aromatic carbocycles. The zero-order valence-electron chi connectivity index (χ0n) is 14.0. The van der Waals surface area contributed by atoms with Crippen LogP contribution in [0.15, 0.2) is 24.3 Å². The molecular weight excluding hydrogens is 413 g/mol. The van der Waals surface area contributed by atoms with Crippen molar-refractivity contribution in [3.05, 3.63) is 64.5 Å². The van der Waals surface area contributed by atoms with Crippen LogP contribution >= 0.6 is 12.6 Å². The fraction of sp³-hybridized carbons (Fsp3) is 0.333. The van der Waals surface area contributed by atoms with Crippen molar-refractivity contribution in [3.63, 3.8) is 0 Å². The third-order valence-electron chi connectivity index (χ3n) is 4.18. The van der Waals surface area contributed by atoms with Crippen LogP contribution in [0.4, 0.5) is 30.7 Å². The van der Waals surface area contributed by atoms with Crippen LogP contribution in [-0.4, -0.2) is 11.9 Å². The van der Waals surface area contributed by atoms with Gasteiger partial charge in [0.25, 0.3) is 0 Å². The van der Waals surface area contributed by atoms with E-state index in [-0.39, 0.29) is 29.6 Å². The highest BCUT2D eigenvalue weighted by Crippen LogP contribution is 2.38. The van der Waals surface area contributed by atoms with E-state index in [9.17, 15) is 30.7 Å². The molecule has 2 aromatic rings. The number of thiol groups is 1. The summed E-state index contributed by atoms with van der Waals surface area (Å²) in [6, 6.07) is 1.65. The summed E-state index contributed by atoms with van der Waals surface area (Å²) in [6.45, 7) is 0.236. The van der Waals surface area contributed by atoms with E-state index in [4.69, 9.17) is 4.74 Å². The van der Waals surface area contributed by atoms with E-state index in [1.54, 1.807) is 0 Å². The number of ether oxygens (including phenoxy) is 2. The van der Waals surface area contributed by atoms with E-state index in [0.29, 0.717) is 25.0 Å². The molecule has 2 nitrogen and oxygen atoms in total. The van der Waals surface area contributed by atoms with Gasteiger partial charge in [-0.3, -0.25) is 0 Å². The van der Waals surface area contributed by atoms with Crippen LogP contribution in [0.1, 0.15) is 30.1 Å². The van der Waals surface area contributed by atoms with Gasteiger partial charge in [0.2, 0.25) is 0 Å². The number of halogens is 7. The summed E-state index contributed by atoms with van der Waals surface area (Å²) in [7, 11) is 0. The molecule has 3 rings (SSSR count). The quantitative estimate of drug-likeness (QED) is 0.386. The predicted molar refractivity (Wildman–Crippen MR) is 87.9 cm³/mol. The van der Waals surface area contributed by atoms with E-state index in [2.05, 4.69) is 17.4 Å².